The molecule has 2 aromatic carbocycles. The van der Waals surface area contributed by atoms with Crippen molar-refractivity contribution >= 4 is 31.9 Å². The Hall–Kier alpha value is -2.63. The highest BCUT2D eigenvalue weighted by atomic mass is 32.2. The van der Waals surface area contributed by atoms with Crippen LogP contribution in [0.4, 0.5) is 10.5 Å². The molecule has 4 unspecified atom stereocenters. The van der Waals surface area contributed by atoms with E-state index in [-0.39, 0.29) is 4.90 Å². The Morgan fingerprint density at radius 3 is 2.53 bits per heavy atom. The van der Waals surface area contributed by atoms with E-state index in [2.05, 4.69) is 4.18 Å². The number of hydrogen-bond donors (Lipinski definition) is 1. The lowest BCUT2D eigenvalue weighted by molar-refractivity contribution is 0.0258. The molecule has 4 atom stereocenters. The normalized spacial score (nSPS) is 35.1. The first-order valence-electron chi connectivity index (χ1n) is 21.0. The molecule has 1 aliphatic heterocycles. The summed E-state index contributed by atoms with van der Waals surface area (Å²) < 4.78 is 252. The van der Waals surface area contributed by atoms with Crippen molar-refractivity contribution in [3.63, 3.8) is 0 Å². The van der Waals surface area contributed by atoms with Crippen molar-refractivity contribution in [3.05, 3.63) is 59.0 Å². The zero-order valence-corrected chi connectivity index (χ0v) is 18.2. The highest BCUT2D eigenvalue weighted by Crippen LogP contribution is 2.24. The lowest BCUT2D eigenvalue weighted by Gasteiger charge is -2.26. The van der Waals surface area contributed by atoms with E-state index in [0.29, 0.717) is 0 Å². The third kappa shape index (κ3) is 7.44. The van der Waals surface area contributed by atoms with Crippen LogP contribution in [-0.4, -0.2) is 52.7 Å². The molecule has 0 aliphatic carbocycles. The molecule has 2 aromatic rings. The molecule has 11 heteroatoms. The Morgan fingerprint density at radius 1 is 1.18 bits per heavy atom. The van der Waals surface area contributed by atoms with Crippen molar-refractivity contribution in [2.45, 2.75) is 50.5 Å². The van der Waals surface area contributed by atoms with Crippen LogP contribution in [-0.2, 0) is 48.4 Å². The Morgan fingerprint density at radius 2 is 1.88 bits per heavy atom. The van der Waals surface area contributed by atoms with Gasteiger partial charge in [0.2, 0.25) is 0 Å². The van der Waals surface area contributed by atoms with Gasteiger partial charge < -0.3 is 9.64 Å². The molecule has 0 fully saturated rings. The number of carbonyl (C=O) groups excluding carboxylic acids is 1. The number of hydrogen-bond acceptors (Lipinski definition) is 7. The molecule has 0 bridgehead atoms. The second-order valence-corrected chi connectivity index (χ2v) is 8.81. The minimum absolute atomic E-state index is 0.119. The number of nitrogens with one attached hydrogen (secondary N) is 1. The van der Waals surface area contributed by atoms with Crippen LogP contribution in [0.25, 0.3) is 0 Å². The van der Waals surface area contributed by atoms with Crippen LogP contribution in [0.3, 0.4) is 0 Å². The summed E-state index contributed by atoms with van der Waals surface area (Å²) in [6, 6.07) is -11.0. The van der Waals surface area contributed by atoms with Crippen LogP contribution in [0.15, 0.2) is 47.2 Å². The van der Waals surface area contributed by atoms with Gasteiger partial charge >= 0.3 is 6.09 Å². The number of amides is 1. The fraction of sp³-hybridized carbons (Fsp3) is 0.435. The van der Waals surface area contributed by atoms with Crippen LogP contribution in [0.5, 0.6) is 0 Å². The van der Waals surface area contributed by atoms with E-state index in [1.807, 2.05) is 0 Å². The maximum atomic E-state index is 13.9. The number of sulfonamides is 1. The summed E-state index contributed by atoms with van der Waals surface area (Å²) in [7, 11) is -11.8. The summed E-state index contributed by atoms with van der Waals surface area (Å²) in [5, 5.41) is 0. The van der Waals surface area contributed by atoms with Crippen molar-refractivity contribution in [1.29, 1.82) is 0 Å². The van der Waals surface area contributed by atoms with Gasteiger partial charge in [0.1, 0.15) is 5.60 Å². The summed E-state index contributed by atoms with van der Waals surface area (Å²) >= 11 is 0. The van der Waals surface area contributed by atoms with Gasteiger partial charge in [-0.15, -0.1) is 0 Å². The van der Waals surface area contributed by atoms with E-state index in [1.54, 1.807) is 0 Å². The average Bonchev–Trinajstić information content (AvgIpc) is 3.11. The molecule has 1 aliphatic rings. The smallest absolute Gasteiger partial charge is 0.410 e. The number of anilines is 1. The second kappa shape index (κ2) is 9.93. The van der Waals surface area contributed by atoms with E-state index >= 15 is 0 Å². The van der Waals surface area contributed by atoms with Crippen LogP contribution in [0, 0.1) is 0 Å². The molecule has 186 valence electrons. The molecule has 0 aromatic heterocycles. The summed E-state index contributed by atoms with van der Waals surface area (Å²) in [6.45, 7) is -18.2. The maximum Gasteiger partial charge on any atom is 0.410 e. The van der Waals surface area contributed by atoms with Gasteiger partial charge in [0.05, 0.1) is 30.0 Å². The molecule has 0 saturated heterocycles. The van der Waals surface area contributed by atoms with Gasteiger partial charge in [-0.2, -0.15) is 8.42 Å². The molecule has 1 heterocycles. The SMILES string of the molecule is [2H]CC(OC(=O)N1C([2H])C([2H])c2c([2H])c([2H])c(N([2H])S(=O)(=O)c3c([2H])c([2H])c(C([2H])([2H])OS(=O)(=O)C([2H])([2H])[2H])c([2H])c3[2H])c([2H])c2C([2H])C1[2H])(C([2H])([2H])[2H])C([2H])([2H])[2H]. The minimum atomic E-state index is -5.96. The first-order chi connectivity index (χ1) is 25.8. The number of ether oxygens (including phenoxy) is 1. The van der Waals surface area contributed by atoms with Gasteiger partial charge in [-0.1, -0.05) is 18.1 Å². The van der Waals surface area contributed by atoms with Crippen molar-refractivity contribution in [2.75, 3.05) is 23.9 Å². The van der Waals surface area contributed by atoms with Crippen LogP contribution in [0.1, 0.15) is 68.8 Å². The van der Waals surface area contributed by atoms with E-state index in [9.17, 15) is 21.6 Å². The zero-order valence-electron chi connectivity index (χ0n) is 40.6. The summed E-state index contributed by atoms with van der Waals surface area (Å²) in [6.07, 6.45) is -11.0. The monoisotopic (exact) mass is 534 g/mol. The predicted molar refractivity (Wildman–Crippen MR) is 129 cm³/mol. The summed E-state index contributed by atoms with van der Waals surface area (Å²) in [5.74, 6) is 0. The quantitative estimate of drug-likeness (QED) is 0.565. The highest BCUT2D eigenvalue weighted by Gasteiger charge is 2.24. The maximum absolute atomic E-state index is 13.9. The largest absolute Gasteiger partial charge is 0.444 e. The van der Waals surface area contributed by atoms with E-state index in [1.165, 1.54) is 0 Å². The highest BCUT2D eigenvalue weighted by molar-refractivity contribution is 7.92. The van der Waals surface area contributed by atoms with Gasteiger partial charge in [0.25, 0.3) is 20.1 Å². The zero-order chi connectivity index (χ0) is 45.6. The van der Waals surface area contributed by atoms with Crippen molar-refractivity contribution in [3.8, 4) is 0 Å². The van der Waals surface area contributed by atoms with E-state index in [4.69, 9.17) is 37.7 Å². The first-order valence-corrected chi connectivity index (χ1v) is 11.4. The molecule has 9 nitrogen and oxygen atoms in total. The van der Waals surface area contributed by atoms with E-state index in [0.717, 1.165) is 0 Å². The van der Waals surface area contributed by atoms with Crippen LogP contribution < -0.4 is 4.72 Å². The van der Waals surface area contributed by atoms with Crippen LogP contribution >= 0.6 is 0 Å². The predicted octanol–water partition coefficient (Wildman–Crippen LogP) is 3.30. The Labute approximate surface area is 235 Å². The van der Waals surface area contributed by atoms with Crippen molar-refractivity contribution in [1.82, 2.24) is 4.90 Å². The van der Waals surface area contributed by atoms with Gasteiger partial charge in [-0.3, -0.25) is 8.90 Å². The molecule has 0 radical (unpaired) electrons. The molecule has 1 N–H and O–H groups in total. The number of fused-ring (bicyclic) bond motifs is 1. The number of nitrogens with zero attached hydrogens (tertiary/aromatic N) is 1. The standard InChI is InChI=1S/C23H30N2O7S2/c1-23(2,3)32-22(26)25-13-11-18-7-8-20(15-19(18)12-14-25)24-34(29,30)21-9-5-17(6-10-21)16-31-33(4,27)28/h5-10,15,24H,11-14,16H2,1-4H3/i1D,2D3,3D3,4D3,5D,6D,7D,8D,9D,10D,11D,12D,13D,14D,15D,16D2/hD. The molecule has 34 heavy (non-hydrogen) atoms. The van der Waals surface area contributed by atoms with Gasteiger partial charge in [0.15, 0.2) is 1.41 Å². The number of carbonyl (C=O) groups is 1. The Kier molecular flexibility index (Phi) is 2.57. The van der Waals surface area contributed by atoms with E-state index < -0.39 is 165 Å². The Bertz CT molecular complexity index is 2170. The van der Waals surface area contributed by atoms with Crippen LogP contribution in [0.2, 0.25) is 1.41 Å². The fourth-order valence-electron chi connectivity index (χ4n) is 2.15. The third-order valence-electron chi connectivity index (χ3n) is 3.46. The molecule has 0 saturated carbocycles. The summed E-state index contributed by atoms with van der Waals surface area (Å²) in [4.78, 5) is 11.5. The lowest BCUT2D eigenvalue weighted by Crippen LogP contribution is -2.38. The number of rotatable bonds is 6. The molecule has 3 rings (SSSR count). The van der Waals surface area contributed by atoms with Gasteiger partial charge in [-0.05, 0) is 74.3 Å². The third-order valence-corrected chi connectivity index (χ3v) is 4.91. The van der Waals surface area contributed by atoms with Crippen molar-refractivity contribution < 1.29 is 63.5 Å². The first kappa shape index (κ1) is 8.79. The van der Waals surface area contributed by atoms with Gasteiger partial charge in [0, 0.05) is 37.9 Å². The molecule has 0 spiro atoms. The lowest BCUT2D eigenvalue weighted by atomic mass is 10.0. The second-order valence-electron chi connectivity index (χ2n) is 6.19. The molecular weight excluding hydrogens is 480 g/mol. The fourth-order valence-corrected chi connectivity index (χ4v) is 3.13. The van der Waals surface area contributed by atoms with Crippen molar-refractivity contribution in [2.24, 2.45) is 0 Å². The summed E-state index contributed by atoms with van der Waals surface area (Å²) in [5.41, 5.74) is -8.72. The minimum Gasteiger partial charge on any atom is -0.444 e. The molecule has 1 amide bonds. The molecular formula is C23H30N2O7S2. The Balaban J connectivity index is 2.27. The number of benzene rings is 2. The topological polar surface area (TPSA) is 119 Å². The average molecular weight is 535 g/mol. The van der Waals surface area contributed by atoms with Gasteiger partial charge in [-0.25, -0.2) is 13.2 Å².